The van der Waals surface area contributed by atoms with Crippen molar-refractivity contribution in [2.24, 2.45) is 0 Å². The first kappa shape index (κ1) is 29.0. The molecule has 36 heavy (non-hydrogen) atoms. The fourth-order valence-corrected chi connectivity index (χ4v) is 7.89. The van der Waals surface area contributed by atoms with Crippen LogP contribution in [-0.2, 0) is 19.4 Å². The zero-order valence-electron chi connectivity index (χ0n) is 19.8. The molecule has 1 heterocycles. The molecule has 0 radical (unpaired) electrons. The van der Waals surface area contributed by atoms with Crippen molar-refractivity contribution in [1.82, 2.24) is 9.44 Å². The van der Waals surface area contributed by atoms with E-state index >= 15 is 0 Å². The number of carboxylic acid groups (broad SMARTS) is 1. The molecule has 3 rings (SSSR count). The van der Waals surface area contributed by atoms with Crippen molar-refractivity contribution in [2.45, 2.75) is 61.0 Å². The summed E-state index contributed by atoms with van der Waals surface area (Å²) >= 11 is 7.78. The van der Waals surface area contributed by atoms with Gasteiger partial charge in [-0.1, -0.05) is 61.7 Å². The molecular weight excluding hydrogens is 545 g/mol. The monoisotopic (exact) mass is 575 g/mol. The second-order valence-corrected chi connectivity index (χ2v) is 14.1. The second kappa shape index (κ2) is 12.8. The number of anilines is 1. The third-order valence-corrected chi connectivity index (χ3v) is 10.4. The van der Waals surface area contributed by atoms with Crippen LogP contribution in [0.15, 0.2) is 52.3 Å². The molecule has 0 bridgehead atoms. The van der Waals surface area contributed by atoms with Crippen LogP contribution < -0.4 is 14.8 Å². The van der Waals surface area contributed by atoms with Gasteiger partial charge in [-0.3, -0.25) is 9.36 Å². The van der Waals surface area contributed by atoms with Crippen LogP contribution in [0.2, 0.25) is 5.02 Å². The number of sulfonamides is 1. The first-order valence-corrected chi connectivity index (χ1v) is 16.3. The smallest absolute Gasteiger partial charge is 0.313 e. The molecule has 198 valence electrons. The summed E-state index contributed by atoms with van der Waals surface area (Å²) < 4.78 is 44.9. The topological polar surface area (TPSA) is 145 Å². The van der Waals surface area contributed by atoms with Gasteiger partial charge >= 0.3 is 5.97 Å². The number of unbranched alkanes of at least 4 members (excludes halogenated alkanes) is 1. The number of hydrogen-bond donors (Lipinski definition) is 5. The lowest BCUT2D eigenvalue weighted by Crippen LogP contribution is -2.35. The maximum Gasteiger partial charge on any atom is 0.313 e. The van der Waals surface area contributed by atoms with Crippen LogP contribution in [0.3, 0.4) is 0 Å². The third kappa shape index (κ3) is 8.21. The highest BCUT2D eigenvalue weighted by Gasteiger charge is 2.28. The van der Waals surface area contributed by atoms with Crippen LogP contribution in [-0.4, -0.2) is 42.9 Å². The van der Waals surface area contributed by atoms with Gasteiger partial charge in [-0.05, 0) is 48.9 Å². The molecule has 2 aromatic carbocycles. The van der Waals surface area contributed by atoms with Crippen LogP contribution in [0.1, 0.15) is 50.6 Å². The molecule has 13 heteroatoms. The molecule has 3 atom stereocenters. The number of nitrogens with one attached hydrogen (secondary N) is 3. The molecule has 0 aromatic heterocycles. The standard InChI is InChI=1S/C23H31ClN3O6PS2/c1-2-3-11-22-25-19-13-17(24)21(14-20(19)35-26-22)36(32,33)27-18(16-8-5-4-6-9-16)10-7-12-34(30,31)15-23(28)29/h4-6,8-9,13-14,18,22,25-27H,2-3,7,10-12,15H2,1H3,(H,28,29)(H,30,31). The maximum absolute atomic E-state index is 13.4. The Hall–Kier alpha value is -1.59. The van der Waals surface area contributed by atoms with Gasteiger partial charge in [0.15, 0.2) is 0 Å². The van der Waals surface area contributed by atoms with E-state index in [1.807, 2.05) is 0 Å². The Labute approximate surface area is 221 Å². The van der Waals surface area contributed by atoms with E-state index in [2.05, 4.69) is 21.7 Å². The lowest BCUT2D eigenvalue weighted by molar-refractivity contribution is -0.134. The highest BCUT2D eigenvalue weighted by atomic mass is 35.5. The van der Waals surface area contributed by atoms with Crippen molar-refractivity contribution in [3.05, 3.63) is 53.1 Å². The Morgan fingerprint density at radius 1 is 1.25 bits per heavy atom. The van der Waals surface area contributed by atoms with Gasteiger partial charge in [0.2, 0.25) is 17.4 Å². The predicted molar refractivity (Wildman–Crippen MR) is 143 cm³/mol. The molecule has 5 N–H and O–H groups in total. The van der Waals surface area contributed by atoms with Gasteiger partial charge in [0, 0.05) is 17.1 Å². The minimum absolute atomic E-state index is 0.0604. The zero-order valence-corrected chi connectivity index (χ0v) is 23.1. The van der Waals surface area contributed by atoms with Gasteiger partial charge in [-0.2, -0.15) is 0 Å². The van der Waals surface area contributed by atoms with E-state index in [9.17, 15) is 22.7 Å². The quantitative estimate of drug-likeness (QED) is 0.164. The summed E-state index contributed by atoms with van der Waals surface area (Å²) in [6.07, 6.45) is 2.41. The lowest BCUT2D eigenvalue weighted by atomic mass is 10.0. The molecule has 0 saturated heterocycles. The number of aliphatic carboxylic acids is 1. The molecule has 0 fully saturated rings. The first-order chi connectivity index (χ1) is 17.0. The molecule has 0 saturated carbocycles. The number of benzene rings is 2. The van der Waals surface area contributed by atoms with E-state index in [1.54, 1.807) is 36.4 Å². The highest BCUT2D eigenvalue weighted by Crippen LogP contribution is 2.42. The van der Waals surface area contributed by atoms with Crippen molar-refractivity contribution in [3.63, 3.8) is 0 Å². The van der Waals surface area contributed by atoms with Gasteiger partial charge in [-0.25, -0.2) is 17.9 Å². The fourth-order valence-electron chi connectivity index (χ4n) is 3.89. The van der Waals surface area contributed by atoms with Crippen molar-refractivity contribution in [3.8, 4) is 0 Å². The molecule has 2 aromatic rings. The van der Waals surface area contributed by atoms with Gasteiger partial charge in [-0.15, -0.1) is 0 Å². The molecule has 1 aliphatic heterocycles. The first-order valence-electron chi connectivity index (χ1n) is 11.6. The minimum atomic E-state index is -4.06. The largest absolute Gasteiger partial charge is 0.481 e. The molecule has 0 aliphatic carbocycles. The van der Waals surface area contributed by atoms with Crippen molar-refractivity contribution >= 4 is 52.6 Å². The highest BCUT2D eigenvalue weighted by molar-refractivity contribution is 7.97. The van der Waals surface area contributed by atoms with Crippen molar-refractivity contribution in [2.75, 3.05) is 17.6 Å². The lowest BCUT2D eigenvalue weighted by Gasteiger charge is -2.28. The summed E-state index contributed by atoms with van der Waals surface area (Å²) in [6.45, 7) is 2.12. The predicted octanol–water partition coefficient (Wildman–Crippen LogP) is 5.03. The molecule has 0 spiro atoms. The van der Waals surface area contributed by atoms with Crippen molar-refractivity contribution < 1.29 is 27.8 Å². The van der Waals surface area contributed by atoms with Gasteiger partial charge < -0.3 is 15.3 Å². The van der Waals surface area contributed by atoms with E-state index in [0.29, 0.717) is 10.5 Å². The van der Waals surface area contributed by atoms with E-state index in [1.165, 1.54) is 18.0 Å². The molecule has 3 unspecified atom stereocenters. The number of fused-ring (bicyclic) bond motifs is 1. The van der Waals surface area contributed by atoms with E-state index < -0.39 is 35.6 Å². The maximum atomic E-state index is 13.4. The Morgan fingerprint density at radius 2 is 1.97 bits per heavy atom. The normalized spacial score (nSPS) is 18.0. The van der Waals surface area contributed by atoms with Crippen LogP contribution >= 0.6 is 30.9 Å². The van der Waals surface area contributed by atoms with Gasteiger partial charge in [0.1, 0.15) is 11.1 Å². The van der Waals surface area contributed by atoms with E-state index in [0.717, 1.165) is 24.9 Å². The fraction of sp³-hybridized carbons (Fsp3) is 0.435. The molecule has 9 nitrogen and oxygen atoms in total. The number of hydrogen-bond acceptors (Lipinski definition) is 7. The van der Waals surface area contributed by atoms with Crippen LogP contribution in [0.4, 0.5) is 5.69 Å². The van der Waals surface area contributed by atoms with Gasteiger partial charge in [0.25, 0.3) is 0 Å². The van der Waals surface area contributed by atoms with Crippen LogP contribution in [0.25, 0.3) is 0 Å². The zero-order chi connectivity index (χ0) is 26.3. The second-order valence-electron chi connectivity index (χ2n) is 8.69. The summed E-state index contributed by atoms with van der Waals surface area (Å²) in [7, 11) is -7.91. The number of rotatable bonds is 13. The van der Waals surface area contributed by atoms with Gasteiger partial charge in [0.05, 0.1) is 16.9 Å². The summed E-state index contributed by atoms with van der Waals surface area (Å²) in [4.78, 5) is 21.4. The Kier molecular flexibility index (Phi) is 10.3. The molecular formula is C23H31ClN3O6PS2. The summed E-state index contributed by atoms with van der Waals surface area (Å²) in [5.41, 5.74) is 1.44. The Balaban J connectivity index is 1.79. The Bertz CT molecular complexity index is 1220. The summed E-state index contributed by atoms with van der Waals surface area (Å²) in [5.74, 6) is -1.35. The van der Waals surface area contributed by atoms with Crippen LogP contribution in [0.5, 0.6) is 0 Å². The third-order valence-electron chi connectivity index (χ3n) is 5.69. The number of halogens is 1. The van der Waals surface area contributed by atoms with E-state index in [4.69, 9.17) is 16.7 Å². The van der Waals surface area contributed by atoms with Crippen LogP contribution in [0, 0.1) is 0 Å². The molecule has 1 aliphatic rings. The Morgan fingerprint density at radius 3 is 2.64 bits per heavy atom. The summed E-state index contributed by atoms with van der Waals surface area (Å²) in [6, 6.07) is 11.3. The minimum Gasteiger partial charge on any atom is -0.481 e. The average Bonchev–Trinajstić information content (AvgIpc) is 2.81. The number of carboxylic acids is 1. The van der Waals surface area contributed by atoms with E-state index in [-0.39, 0.29) is 35.1 Å². The molecule has 0 amide bonds. The number of carbonyl (C=O) groups is 1. The van der Waals surface area contributed by atoms with Crippen molar-refractivity contribution in [1.29, 1.82) is 0 Å². The SMILES string of the molecule is CCCCC1NSc2cc(S(=O)(=O)NC(CCCP(=O)(O)CC(=O)O)c3ccccc3)c(Cl)cc2N1. The average molecular weight is 576 g/mol. The summed E-state index contributed by atoms with van der Waals surface area (Å²) in [5, 5.41) is 12.3.